The predicted molar refractivity (Wildman–Crippen MR) is 89.1 cm³/mol. The smallest absolute Gasteiger partial charge is 0.328 e. The van der Waals surface area contributed by atoms with Crippen LogP contribution in [-0.2, 0) is 0 Å². The molecule has 0 spiro atoms. The van der Waals surface area contributed by atoms with Gasteiger partial charge in [0.15, 0.2) is 16.6 Å². The van der Waals surface area contributed by atoms with Gasteiger partial charge in [-0.05, 0) is 18.2 Å². The standard InChI is InChI=1S/C15H14N4O3S/c1-22-13-8-10(2-3-12(13)20)11-9-23-14(17-11)18-15(21)19-6-4-16-5-7-19/h2-6,8-9,20H,7H2,1H3,(H,17,18,21). The van der Waals surface area contributed by atoms with Gasteiger partial charge in [-0.1, -0.05) is 0 Å². The number of aromatic nitrogens is 1. The van der Waals surface area contributed by atoms with Crippen LogP contribution in [0.1, 0.15) is 0 Å². The number of aliphatic imine (C=N–C) groups is 1. The summed E-state index contributed by atoms with van der Waals surface area (Å²) in [5.41, 5.74) is 1.49. The number of nitrogens with one attached hydrogen (secondary N) is 1. The summed E-state index contributed by atoms with van der Waals surface area (Å²) in [6, 6.07) is 4.71. The Morgan fingerprint density at radius 2 is 2.35 bits per heavy atom. The van der Waals surface area contributed by atoms with Crippen LogP contribution in [0.25, 0.3) is 11.3 Å². The Morgan fingerprint density at radius 3 is 3.09 bits per heavy atom. The fraction of sp³-hybridized carbons (Fsp3) is 0.133. The second-order valence-corrected chi connectivity index (χ2v) is 5.49. The van der Waals surface area contributed by atoms with Crippen molar-refractivity contribution in [3.8, 4) is 22.8 Å². The number of amides is 2. The number of phenolic OH excluding ortho intramolecular Hbond substituents is 1. The summed E-state index contributed by atoms with van der Waals surface area (Å²) in [6.45, 7) is 0.426. The first kappa shape index (κ1) is 15.0. The zero-order valence-electron chi connectivity index (χ0n) is 12.3. The number of hydrogen-bond donors (Lipinski definition) is 2. The first-order chi connectivity index (χ1) is 11.2. The minimum Gasteiger partial charge on any atom is -0.504 e. The van der Waals surface area contributed by atoms with Gasteiger partial charge in [0.25, 0.3) is 0 Å². The van der Waals surface area contributed by atoms with Crippen molar-refractivity contribution >= 4 is 28.7 Å². The zero-order chi connectivity index (χ0) is 16.2. The summed E-state index contributed by atoms with van der Waals surface area (Å²) in [5.74, 6) is 0.442. The van der Waals surface area contributed by atoms with Crippen molar-refractivity contribution in [2.75, 3.05) is 19.0 Å². The van der Waals surface area contributed by atoms with Crippen molar-refractivity contribution in [2.45, 2.75) is 0 Å². The van der Waals surface area contributed by atoms with Crippen molar-refractivity contribution < 1.29 is 14.6 Å². The van der Waals surface area contributed by atoms with E-state index in [4.69, 9.17) is 4.74 Å². The number of carbonyl (C=O) groups excluding carboxylic acids is 1. The molecule has 118 valence electrons. The van der Waals surface area contributed by atoms with Gasteiger partial charge in [-0.3, -0.25) is 15.2 Å². The summed E-state index contributed by atoms with van der Waals surface area (Å²) in [7, 11) is 1.49. The first-order valence-corrected chi connectivity index (χ1v) is 7.64. The third-order valence-electron chi connectivity index (χ3n) is 3.17. The van der Waals surface area contributed by atoms with E-state index < -0.39 is 0 Å². The highest BCUT2D eigenvalue weighted by Gasteiger charge is 2.14. The van der Waals surface area contributed by atoms with Crippen molar-refractivity contribution in [1.82, 2.24) is 9.88 Å². The molecule has 1 aromatic carbocycles. The van der Waals surface area contributed by atoms with Crippen LogP contribution in [0, 0.1) is 0 Å². The van der Waals surface area contributed by atoms with E-state index in [0.29, 0.717) is 23.1 Å². The Hall–Kier alpha value is -2.87. The minimum absolute atomic E-state index is 0.0681. The fourth-order valence-electron chi connectivity index (χ4n) is 1.99. The number of urea groups is 1. The molecule has 0 unspecified atom stereocenters. The largest absolute Gasteiger partial charge is 0.504 e. The summed E-state index contributed by atoms with van der Waals surface area (Å²) < 4.78 is 5.09. The predicted octanol–water partition coefficient (Wildman–Crippen LogP) is 2.91. The van der Waals surface area contributed by atoms with E-state index >= 15 is 0 Å². The molecule has 2 heterocycles. The molecule has 2 amide bonds. The summed E-state index contributed by atoms with van der Waals surface area (Å²) in [6.07, 6.45) is 4.81. The van der Waals surface area contributed by atoms with Gasteiger partial charge in [0, 0.05) is 29.6 Å². The lowest BCUT2D eigenvalue weighted by molar-refractivity contribution is 0.232. The van der Waals surface area contributed by atoms with Gasteiger partial charge in [0.2, 0.25) is 0 Å². The maximum Gasteiger partial charge on any atom is 0.328 e. The van der Waals surface area contributed by atoms with Gasteiger partial charge >= 0.3 is 6.03 Å². The van der Waals surface area contributed by atoms with Crippen LogP contribution in [-0.4, -0.2) is 40.9 Å². The molecule has 0 saturated carbocycles. The molecule has 1 aromatic heterocycles. The van der Waals surface area contributed by atoms with E-state index in [9.17, 15) is 9.90 Å². The first-order valence-electron chi connectivity index (χ1n) is 6.76. The van der Waals surface area contributed by atoms with Crippen LogP contribution in [0.2, 0.25) is 0 Å². The maximum absolute atomic E-state index is 12.1. The van der Waals surface area contributed by atoms with E-state index in [0.717, 1.165) is 5.56 Å². The minimum atomic E-state index is -0.267. The van der Waals surface area contributed by atoms with Crippen LogP contribution >= 0.6 is 11.3 Å². The van der Waals surface area contributed by atoms with Crippen molar-refractivity contribution in [2.24, 2.45) is 4.99 Å². The number of hydrogen-bond acceptors (Lipinski definition) is 6. The molecule has 23 heavy (non-hydrogen) atoms. The number of aromatic hydroxyl groups is 1. The highest BCUT2D eigenvalue weighted by atomic mass is 32.1. The molecule has 2 N–H and O–H groups in total. The Morgan fingerprint density at radius 1 is 1.48 bits per heavy atom. The Kier molecular flexibility index (Phi) is 4.24. The fourth-order valence-corrected chi connectivity index (χ4v) is 2.70. The molecule has 7 nitrogen and oxygen atoms in total. The third-order valence-corrected chi connectivity index (χ3v) is 3.93. The monoisotopic (exact) mass is 330 g/mol. The molecule has 3 rings (SSSR count). The number of ether oxygens (including phenoxy) is 1. The molecule has 0 fully saturated rings. The van der Waals surface area contributed by atoms with E-state index in [-0.39, 0.29) is 11.8 Å². The van der Waals surface area contributed by atoms with Crippen LogP contribution in [0.4, 0.5) is 9.93 Å². The van der Waals surface area contributed by atoms with Crippen LogP contribution in [0.15, 0.2) is 41.0 Å². The maximum atomic E-state index is 12.1. The van der Waals surface area contributed by atoms with E-state index in [1.807, 2.05) is 5.38 Å². The molecule has 0 aliphatic carbocycles. The quantitative estimate of drug-likeness (QED) is 0.906. The summed E-state index contributed by atoms with van der Waals surface area (Å²) in [5, 5.41) is 14.7. The number of thiazole rings is 1. The molecule has 0 saturated heterocycles. The van der Waals surface area contributed by atoms with Gasteiger partial charge < -0.3 is 9.84 Å². The zero-order valence-corrected chi connectivity index (χ0v) is 13.1. The van der Waals surface area contributed by atoms with Crippen LogP contribution in [0.3, 0.4) is 0 Å². The lowest BCUT2D eigenvalue weighted by Crippen LogP contribution is -2.32. The van der Waals surface area contributed by atoms with Crippen molar-refractivity contribution in [3.05, 3.63) is 36.0 Å². The number of anilines is 1. The average molecular weight is 330 g/mol. The van der Waals surface area contributed by atoms with Gasteiger partial charge in [-0.2, -0.15) is 0 Å². The lowest BCUT2D eigenvalue weighted by Gasteiger charge is -2.17. The SMILES string of the molecule is COc1cc(-c2csc(NC(=O)N3C=CN=CC3)n2)ccc1O. The average Bonchev–Trinajstić information content (AvgIpc) is 3.04. The molecule has 8 heteroatoms. The molecule has 0 atom stereocenters. The lowest BCUT2D eigenvalue weighted by atomic mass is 10.1. The number of methoxy groups -OCH3 is 1. The highest BCUT2D eigenvalue weighted by molar-refractivity contribution is 7.14. The molecule has 1 aliphatic rings. The number of carbonyl (C=O) groups is 1. The summed E-state index contributed by atoms with van der Waals surface area (Å²) in [4.78, 5) is 21.9. The number of rotatable bonds is 3. The van der Waals surface area contributed by atoms with Gasteiger partial charge in [0.1, 0.15) is 0 Å². The number of phenols is 1. The Bertz CT molecular complexity index is 785. The number of nitrogens with zero attached hydrogens (tertiary/aromatic N) is 3. The van der Waals surface area contributed by atoms with Gasteiger partial charge in [0.05, 0.1) is 19.3 Å². The second kappa shape index (κ2) is 6.49. The Labute approximate surface area is 136 Å². The normalized spacial score (nSPS) is 13.2. The van der Waals surface area contributed by atoms with E-state index in [2.05, 4.69) is 15.3 Å². The molecular formula is C15H14N4O3S. The van der Waals surface area contributed by atoms with Crippen LogP contribution < -0.4 is 10.1 Å². The van der Waals surface area contributed by atoms with Crippen molar-refractivity contribution in [1.29, 1.82) is 0 Å². The highest BCUT2D eigenvalue weighted by Crippen LogP contribution is 2.32. The van der Waals surface area contributed by atoms with Crippen LogP contribution in [0.5, 0.6) is 11.5 Å². The topological polar surface area (TPSA) is 87.0 Å². The van der Waals surface area contributed by atoms with Gasteiger partial charge in [-0.15, -0.1) is 11.3 Å². The summed E-state index contributed by atoms with van der Waals surface area (Å²) >= 11 is 1.32. The molecule has 0 radical (unpaired) electrons. The molecular weight excluding hydrogens is 316 g/mol. The van der Waals surface area contributed by atoms with E-state index in [1.165, 1.54) is 23.3 Å². The Balaban J connectivity index is 1.74. The third kappa shape index (κ3) is 3.32. The van der Waals surface area contributed by atoms with E-state index in [1.54, 1.807) is 36.8 Å². The number of benzene rings is 1. The molecule has 1 aliphatic heterocycles. The van der Waals surface area contributed by atoms with Gasteiger partial charge in [-0.25, -0.2) is 9.78 Å². The second-order valence-electron chi connectivity index (χ2n) is 4.64. The molecule has 2 aromatic rings. The molecule has 0 bridgehead atoms. The van der Waals surface area contributed by atoms with Crippen molar-refractivity contribution in [3.63, 3.8) is 0 Å².